The van der Waals surface area contributed by atoms with Gasteiger partial charge in [0.15, 0.2) is 0 Å². The number of carbonyl (C=O) groups excluding carboxylic acids is 1. The summed E-state index contributed by atoms with van der Waals surface area (Å²) in [4.78, 5) is 14.1. The van der Waals surface area contributed by atoms with Crippen LogP contribution < -0.4 is 0 Å². The molecule has 1 aliphatic rings. The van der Waals surface area contributed by atoms with Gasteiger partial charge in [0, 0.05) is 31.7 Å². The quantitative estimate of drug-likeness (QED) is 0.827. The van der Waals surface area contributed by atoms with Crippen LogP contribution in [0.4, 0.5) is 0 Å². The van der Waals surface area contributed by atoms with E-state index in [0.29, 0.717) is 12.8 Å². The molecule has 1 aliphatic heterocycles. The number of hydrogen-bond acceptors (Lipinski definition) is 4. The molecule has 0 aliphatic carbocycles. The number of aryl methyl sites for hydroxylation is 1. The Morgan fingerprint density at radius 2 is 2.42 bits per heavy atom. The fourth-order valence-electron chi connectivity index (χ4n) is 2.69. The summed E-state index contributed by atoms with van der Waals surface area (Å²) in [6.07, 6.45) is 7.17. The van der Waals surface area contributed by atoms with Crippen molar-refractivity contribution in [3.05, 3.63) is 12.4 Å². The molecule has 1 amide bonds. The highest BCUT2D eigenvalue weighted by molar-refractivity contribution is 5.76. The van der Waals surface area contributed by atoms with Gasteiger partial charge in [0.05, 0.1) is 12.3 Å². The molecule has 2 unspecified atom stereocenters. The molecule has 1 aromatic heterocycles. The topological polar surface area (TPSA) is 71.2 Å². The maximum absolute atomic E-state index is 12.2. The number of aromatic nitrogens is 3. The van der Waals surface area contributed by atoms with Crippen LogP contribution in [0.5, 0.6) is 0 Å². The predicted octanol–water partition coefficient (Wildman–Crippen LogP) is 0.820. The van der Waals surface area contributed by atoms with Crippen LogP contribution in [0.15, 0.2) is 12.4 Å². The van der Waals surface area contributed by atoms with Crippen molar-refractivity contribution in [1.82, 2.24) is 19.9 Å². The SMILES string of the molecule is CC(O)CC1CCCN1C(=O)CCCn1ccnn1. The lowest BCUT2D eigenvalue weighted by molar-refractivity contribution is -0.132. The number of likely N-dealkylation sites (tertiary alicyclic amines) is 1. The molecule has 19 heavy (non-hydrogen) atoms. The van der Waals surface area contributed by atoms with Crippen LogP contribution in [0.2, 0.25) is 0 Å². The summed E-state index contributed by atoms with van der Waals surface area (Å²) in [5.41, 5.74) is 0. The lowest BCUT2D eigenvalue weighted by atomic mass is 10.1. The Bertz CT molecular complexity index is 391. The number of amides is 1. The number of hydrogen-bond donors (Lipinski definition) is 1. The van der Waals surface area contributed by atoms with Crippen molar-refractivity contribution >= 4 is 5.91 Å². The second kappa shape index (κ2) is 6.65. The molecule has 1 N–H and O–H groups in total. The Hall–Kier alpha value is -1.43. The van der Waals surface area contributed by atoms with Gasteiger partial charge >= 0.3 is 0 Å². The van der Waals surface area contributed by atoms with E-state index < -0.39 is 0 Å². The first-order valence-corrected chi connectivity index (χ1v) is 6.98. The third kappa shape index (κ3) is 4.02. The first-order valence-electron chi connectivity index (χ1n) is 6.98. The van der Waals surface area contributed by atoms with Gasteiger partial charge in [-0.25, -0.2) is 0 Å². The van der Waals surface area contributed by atoms with Crippen molar-refractivity contribution in [1.29, 1.82) is 0 Å². The number of aliphatic hydroxyl groups excluding tert-OH is 1. The molecular weight excluding hydrogens is 244 g/mol. The number of rotatable bonds is 6. The maximum Gasteiger partial charge on any atom is 0.222 e. The average molecular weight is 266 g/mol. The van der Waals surface area contributed by atoms with Gasteiger partial charge in [-0.2, -0.15) is 0 Å². The van der Waals surface area contributed by atoms with E-state index in [1.165, 1.54) is 0 Å². The van der Waals surface area contributed by atoms with Crippen LogP contribution in [0, 0.1) is 0 Å². The van der Waals surface area contributed by atoms with E-state index in [0.717, 1.165) is 32.4 Å². The molecule has 0 spiro atoms. The molecule has 2 rings (SSSR count). The molecule has 0 radical (unpaired) electrons. The highest BCUT2D eigenvalue weighted by atomic mass is 16.3. The van der Waals surface area contributed by atoms with Crippen molar-refractivity contribution in [3.63, 3.8) is 0 Å². The van der Waals surface area contributed by atoms with Gasteiger partial charge in [-0.15, -0.1) is 5.10 Å². The second-order valence-corrected chi connectivity index (χ2v) is 5.24. The van der Waals surface area contributed by atoms with E-state index >= 15 is 0 Å². The van der Waals surface area contributed by atoms with Gasteiger partial charge in [0.2, 0.25) is 5.91 Å². The summed E-state index contributed by atoms with van der Waals surface area (Å²) in [7, 11) is 0. The Morgan fingerprint density at radius 3 is 3.11 bits per heavy atom. The third-order valence-electron chi connectivity index (χ3n) is 3.56. The molecule has 106 valence electrons. The molecule has 0 saturated carbocycles. The van der Waals surface area contributed by atoms with Crippen molar-refractivity contribution < 1.29 is 9.90 Å². The lowest BCUT2D eigenvalue weighted by Crippen LogP contribution is -2.37. The lowest BCUT2D eigenvalue weighted by Gasteiger charge is -2.25. The normalized spacial score (nSPS) is 20.7. The summed E-state index contributed by atoms with van der Waals surface area (Å²) in [5, 5.41) is 17.1. The third-order valence-corrected chi connectivity index (χ3v) is 3.56. The zero-order valence-electron chi connectivity index (χ0n) is 11.4. The molecule has 0 aromatic carbocycles. The van der Waals surface area contributed by atoms with E-state index in [1.54, 1.807) is 24.0 Å². The van der Waals surface area contributed by atoms with E-state index in [4.69, 9.17) is 0 Å². The minimum absolute atomic E-state index is 0.197. The molecule has 2 heterocycles. The van der Waals surface area contributed by atoms with E-state index in [2.05, 4.69) is 10.3 Å². The summed E-state index contributed by atoms with van der Waals surface area (Å²) in [5.74, 6) is 0.197. The minimum Gasteiger partial charge on any atom is -0.393 e. The first-order chi connectivity index (χ1) is 9.16. The standard InChI is InChI=1S/C13H22N4O2/c1-11(18)10-12-4-2-8-17(12)13(19)5-3-7-16-9-6-14-15-16/h6,9,11-12,18H,2-5,7-8,10H2,1H3. The van der Waals surface area contributed by atoms with Crippen LogP contribution in [0.3, 0.4) is 0 Å². The maximum atomic E-state index is 12.2. The average Bonchev–Trinajstić information content (AvgIpc) is 2.99. The summed E-state index contributed by atoms with van der Waals surface area (Å²) in [6.45, 7) is 3.34. The molecular formula is C13H22N4O2. The fraction of sp³-hybridized carbons (Fsp3) is 0.769. The molecule has 1 fully saturated rings. The zero-order chi connectivity index (χ0) is 13.7. The van der Waals surface area contributed by atoms with Crippen LogP contribution in [0.1, 0.15) is 39.0 Å². The van der Waals surface area contributed by atoms with Crippen LogP contribution in [0.25, 0.3) is 0 Å². The van der Waals surface area contributed by atoms with Crippen LogP contribution in [-0.4, -0.2) is 49.6 Å². The van der Waals surface area contributed by atoms with Crippen molar-refractivity contribution in [2.75, 3.05) is 6.54 Å². The van der Waals surface area contributed by atoms with Gasteiger partial charge in [-0.05, 0) is 32.6 Å². The number of aliphatic hydroxyl groups is 1. The van der Waals surface area contributed by atoms with E-state index in [-0.39, 0.29) is 18.1 Å². The molecule has 6 heteroatoms. The van der Waals surface area contributed by atoms with Gasteiger partial charge in [0.25, 0.3) is 0 Å². The molecule has 0 bridgehead atoms. The number of carbonyl (C=O) groups is 1. The Kier molecular flexibility index (Phi) is 4.90. The zero-order valence-corrected chi connectivity index (χ0v) is 11.4. The van der Waals surface area contributed by atoms with Crippen molar-refractivity contribution in [2.24, 2.45) is 0 Å². The fourth-order valence-corrected chi connectivity index (χ4v) is 2.69. The minimum atomic E-state index is -0.339. The summed E-state index contributed by atoms with van der Waals surface area (Å²) < 4.78 is 1.74. The van der Waals surface area contributed by atoms with Gasteiger partial charge in [-0.1, -0.05) is 5.21 Å². The number of nitrogens with zero attached hydrogens (tertiary/aromatic N) is 4. The van der Waals surface area contributed by atoms with Crippen molar-refractivity contribution in [3.8, 4) is 0 Å². The molecule has 2 atom stereocenters. The molecule has 1 aromatic rings. The predicted molar refractivity (Wildman–Crippen MR) is 70.3 cm³/mol. The Balaban J connectivity index is 1.75. The van der Waals surface area contributed by atoms with Gasteiger partial charge < -0.3 is 10.0 Å². The van der Waals surface area contributed by atoms with Crippen LogP contribution in [-0.2, 0) is 11.3 Å². The second-order valence-electron chi connectivity index (χ2n) is 5.24. The molecule has 1 saturated heterocycles. The highest BCUT2D eigenvalue weighted by Gasteiger charge is 2.28. The van der Waals surface area contributed by atoms with Gasteiger partial charge in [-0.3, -0.25) is 9.48 Å². The Morgan fingerprint density at radius 1 is 1.58 bits per heavy atom. The Labute approximate surface area is 113 Å². The highest BCUT2D eigenvalue weighted by Crippen LogP contribution is 2.22. The monoisotopic (exact) mass is 266 g/mol. The summed E-state index contributed by atoms with van der Waals surface area (Å²) >= 11 is 0. The molecule has 6 nitrogen and oxygen atoms in total. The largest absolute Gasteiger partial charge is 0.393 e. The smallest absolute Gasteiger partial charge is 0.222 e. The van der Waals surface area contributed by atoms with E-state index in [1.807, 2.05) is 4.90 Å². The van der Waals surface area contributed by atoms with E-state index in [9.17, 15) is 9.90 Å². The van der Waals surface area contributed by atoms with Gasteiger partial charge in [0.1, 0.15) is 0 Å². The van der Waals surface area contributed by atoms with Crippen LogP contribution >= 0.6 is 0 Å². The van der Waals surface area contributed by atoms with Crippen molar-refractivity contribution in [2.45, 2.75) is 57.7 Å². The summed E-state index contributed by atoms with van der Waals surface area (Å²) in [6, 6.07) is 0.221. The first kappa shape index (κ1) is 14.0.